The minimum Gasteiger partial charge on any atom is -0.493 e. The summed E-state index contributed by atoms with van der Waals surface area (Å²) in [5.74, 6) is -2.36. The van der Waals surface area contributed by atoms with Crippen LogP contribution in [0.2, 0.25) is 5.02 Å². The number of alkyl halides is 3. The number of imidazole rings is 1. The predicted molar refractivity (Wildman–Crippen MR) is 128 cm³/mol. The minimum absolute atomic E-state index is 0.0412. The number of halogens is 4. The lowest BCUT2D eigenvalue weighted by molar-refractivity contribution is -0.147. The number of aromatic hydroxyl groups is 1. The molecule has 182 valence electrons. The van der Waals surface area contributed by atoms with E-state index in [-0.39, 0.29) is 22.6 Å². The first-order chi connectivity index (χ1) is 17.2. The van der Waals surface area contributed by atoms with Crippen molar-refractivity contribution >= 4 is 45.1 Å². The lowest BCUT2D eigenvalue weighted by Crippen LogP contribution is -2.18. The highest BCUT2D eigenvalue weighted by molar-refractivity contribution is 6.30. The molecule has 0 saturated carbocycles. The van der Waals surface area contributed by atoms with Crippen LogP contribution in [0.15, 0.2) is 83.0 Å². The lowest BCUT2D eigenvalue weighted by Gasteiger charge is -2.09. The number of benzene rings is 3. The van der Waals surface area contributed by atoms with Gasteiger partial charge in [0.05, 0.1) is 23.1 Å². The van der Waals surface area contributed by atoms with Gasteiger partial charge in [0.1, 0.15) is 6.54 Å². The average Bonchev–Trinajstić information content (AvgIpc) is 3.35. The van der Waals surface area contributed by atoms with E-state index in [9.17, 15) is 23.1 Å². The van der Waals surface area contributed by atoms with Crippen LogP contribution in [-0.2, 0) is 24.1 Å². The zero-order chi connectivity index (χ0) is 25.4. The molecule has 0 saturated heterocycles. The Bertz CT molecular complexity index is 1620. The van der Waals surface area contributed by atoms with Crippen molar-refractivity contribution in [3.05, 3.63) is 89.2 Å². The Hall–Kier alpha value is -4.18. The molecule has 0 fully saturated rings. The van der Waals surface area contributed by atoms with Gasteiger partial charge < -0.3 is 14.2 Å². The third-order valence-corrected chi connectivity index (χ3v) is 5.89. The fourth-order valence-electron chi connectivity index (χ4n) is 4.03. The number of azo groups is 1. The van der Waals surface area contributed by atoms with Gasteiger partial charge in [0.25, 0.3) is 5.91 Å². The summed E-state index contributed by atoms with van der Waals surface area (Å²) in [4.78, 5) is 16.2. The number of rotatable bonds is 5. The van der Waals surface area contributed by atoms with Gasteiger partial charge in [-0.1, -0.05) is 54.1 Å². The predicted octanol–water partition coefficient (Wildman–Crippen LogP) is 6.73. The second kappa shape index (κ2) is 9.12. The van der Waals surface area contributed by atoms with E-state index in [1.807, 2.05) is 12.1 Å². The zero-order valence-corrected chi connectivity index (χ0v) is 19.2. The summed E-state index contributed by atoms with van der Waals surface area (Å²) in [5, 5.41) is 19.6. The highest BCUT2D eigenvalue weighted by Crippen LogP contribution is 2.39. The summed E-state index contributed by atoms with van der Waals surface area (Å²) < 4.78 is 42.9. The molecule has 0 radical (unpaired) electrons. The first kappa shape index (κ1) is 23.6. The second-order valence-corrected chi connectivity index (χ2v) is 8.44. The second-order valence-electron chi connectivity index (χ2n) is 8.00. The number of fused-ring (bicyclic) bond motifs is 2. The van der Waals surface area contributed by atoms with E-state index in [1.165, 1.54) is 12.1 Å². The highest BCUT2D eigenvalue weighted by Gasteiger charge is 2.38. The number of hydrogen-bond acceptors (Lipinski definition) is 4. The lowest BCUT2D eigenvalue weighted by atomic mass is 10.2. The summed E-state index contributed by atoms with van der Waals surface area (Å²) in [6.45, 7) is -0.425. The molecular weight excluding hydrogens is 495 g/mol. The van der Waals surface area contributed by atoms with Crippen LogP contribution in [0.5, 0.6) is 5.88 Å². The minimum atomic E-state index is -4.76. The Morgan fingerprint density at radius 2 is 1.61 bits per heavy atom. The fraction of sp³-hybridized carbons (Fsp3) is 0.120. The van der Waals surface area contributed by atoms with E-state index in [1.54, 1.807) is 53.1 Å². The van der Waals surface area contributed by atoms with Crippen LogP contribution in [-0.4, -0.2) is 25.1 Å². The van der Waals surface area contributed by atoms with E-state index < -0.39 is 24.5 Å². The molecule has 1 amide bonds. The maximum atomic E-state index is 13.5. The number of para-hydroxylation sites is 3. The van der Waals surface area contributed by atoms with Crippen molar-refractivity contribution in [1.29, 1.82) is 0 Å². The van der Waals surface area contributed by atoms with Crippen molar-refractivity contribution in [2.24, 2.45) is 10.2 Å². The molecule has 36 heavy (non-hydrogen) atoms. The topological polar surface area (TPSA) is 84.8 Å². The molecule has 0 bridgehead atoms. The third-order valence-electron chi connectivity index (χ3n) is 5.63. The number of amides is 1. The van der Waals surface area contributed by atoms with Crippen molar-refractivity contribution in [1.82, 2.24) is 14.1 Å². The van der Waals surface area contributed by atoms with Gasteiger partial charge in [-0.15, -0.1) is 10.2 Å². The number of carbonyl (C=O) groups is 1. The maximum Gasteiger partial charge on any atom is 0.449 e. The van der Waals surface area contributed by atoms with Gasteiger partial charge in [-0.25, -0.2) is 4.98 Å². The molecule has 3 aromatic carbocycles. The van der Waals surface area contributed by atoms with Crippen molar-refractivity contribution < 1.29 is 23.1 Å². The van der Waals surface area contributed by atoms with Gasteiger partial charge in [0, 0.05) is 10.4 Å². The Morgan fingerprint density at radius 3 is 2.33 bits per heavy atom. The number of hydrogen-bond donors (Lipinski definition) is 1. The quantitative estimate of drug-likeness (QED) is 0.265. The average molecular weight is 512 g/mol. The number of aromatic nitrogens is 3. The molecule has 2 heterocycles. The summed E-state index contributed by atoms with van der Waals surface area (Å²) >= 11 is 5.95. The Morgan fingerprint density at radius 1 is 0.944 bits per heavy atom. The normalized spacial score (nSPS) is 12.2. The van der Waals surface area contributed by atoms with E-state index in [0.29, 0.717) is 22.5 Å². The molecule has 0 aliphatic carbocycles. The molecule has 0 unspecified atom stereocenters. The van der Waals surface area contributed by atoms with Crippen LogP contribution >= 0.6 is 11.6 Å². The van der Waals surface area contributed by atoms with Gasteiger partial charge in [-0.2, -0.15) is 13.2 Å². The standard InChI is InChI=1S/C25H17ClF3N5O2/c26-16-11-9-15(10-12-16)13-33-19-7-3-1-5-17(19)22(23(33)36)32-31-21(35)14-34-20-8-4-2-6-18(20)30-24(34)25(27,28)29/h1-12,36H,13-14H2. The molecule has 0 aliphatic rings. The summed E-state index contributed by atoms with van der Waals surface area (Å²) in [7, 11) is 0. The maximum absolute atomic E-state index is 13.5. The molecule has 0 spiro atoms. The van der Waals surface area contributed by atoms with Gasteiger partial charge >= 0.3 is 6.18 Å². The zero-order valence-electron chi connectivity index (χ0n) is 18.4. The Balaban J connectivity index is 1.48. The first-order valence-electron chi connectivity index (χ1n) is 10.7. The fourth-order valence-corrected chi connectivity index (χ4v) is 4.15. The van der Waals surface area contributed by atoms with E-state index in [2.05, 4.69) is 15.2 Å². The monoisotopic (exact) mass is 511 g/mol. The molecule has 0 aliphatic heterocycles. The largest absolute Gasteiger partial charge is 0.493 e. The van der Waals surface area contributed by atoms with Crippen LogP contribution in [0.4, 0.5) is 18.9 Å². The number of nitrogens with zero attached hydrogens (tertiary/aromatic N) is 5. The highest BCUT2D eigenvalue weighted by atomic mass is 35.5. The Labute approximate surface area is 207 Å². The summed E-state index contributed by atoms with van der Waals surface area (Å²) in [5.41, 5.74) is 1.81. The van der Waals surface area contributed by atoms with Crippen molar-refractivity contribution in [3.63, 3.8) is 0 Å². The first-order valence-corrected chi connectivity index (χ1v) is 11.1. The molecule has 5 aromatic rings. The van der Waals surface area contributed by atoms with Crippen molar-refractivity contribution in [3.8, 4) is 5.88 Å². The smallest absolute Gasteiger partial charge is 0.449 e. The van der Waals surface area contributed by atoms with Gasteiger partial charge in [0.2, 0.25) is 11.7 Å². The Kier molecular flexibility index (Phi) is 5.97. The van der Waals surface area contributed by atoms with Crippen LogP contribution in [0, 0.1) is 0 Å². The summed E-state index contributed by atoms with van der Waals surface area (Å²) in [6, 6.07) is 20.1. The molecule has 11 heteroatoms. The van der Waals surface area contributed by atoms with E-state index in [0.717, 1.165) is 10.1 Å². The van der Waals surface area contributed by atoms with Crippen LogP contribution in [0.3, 0.4) is 0 Å². The number of carbonyl (C=O) groups excluding carboxylic acids is 1. The molecule has 0 atom stereocenters. The third kappa shape index (κ3) is 4.42. The molecule has 7 nitrogen and oxygen atoms in total. The van der Waals surface area contributed by atoms with E-state index >= 15 is 0 Å². The van der Waals surface area contributed by atoms with Crippen LogP contribution < -0.4 is 0 Å². The molecule has 2 aromatic heterocycles. The van der Waals surface area contributed by atoms with Crippen molar-refractivity contribution in [2.45, 2.75) is 19.3 Å². The van der Waals surface area contributed by atoms with Gasteiger partial charge in [-0.3, -0.25) is 4.79 Å². The summed E-state index contributed by atoms with van der Waals surface area (Å²) in [6.07, 6.45) is -4.76. The van der Waals surface area contributed by atoms with Crippen LogP contribution in [0.25, 0.3) is 21.9 Å². The molecule has 1 N–H and O–H groups in total. The SMILES string of the molecule is O=C(Cn1c(C(F)(F)F)nc2ccccc21)N=Nc1c(O)n(Cc2ccc(Cl)cc2)c2ccccc12. The van der Waals surface area contributed by atoms with Gasteiger partial charge in [-0.05, 0) is 35.9 Å². The molecular formula is C25H17ClF3N5O2. The van der Waals surface area contributed by atoms with Crippen LogP contribution in [0.1, 0.15) is 11.4 Å². The van der Waals surface area contributed by atoms with E-state index in [4.69, 9.17) is 11.6 Å². The van der Waals surface area contributed by atoms with Gasteiger partial charge in [0.15, 0.2) is 5.69 Å². The molecule has 5 rings (SSSR count). The van der Waals surface area contributed by atoms with Crippen molar-refractivity contribution in [2.75, 3.05) is 0 Å².